The molecule has 19 heavy (non-hydrogen) atoms. The number of aliphatic hydroxyl groups is 1. The molecule has 0 aliphatic carbocycles. The van der Waals surface area contributed by atoms with Crippen LogP contribution in [-0.4, -0.2) is 36.3 Å². The number of aliphatic hydroxyl groups excluding tert-OH is 1. The molecule has 2 rings (SSSR count). The van der Waals surface area contributed by atoms with Crippen LogP contribution in [0.5, 0.6) is 0 Å². The predicted molar refractivity (Wildman–Crippen MR) is 83.2 cm³/mol. The highest BCUT2D eigenvalue weighted by Gasteiger charge is 2.13. The molecular formula is C13H20N4OS. The lowest BCUT2D eigenvalue weighted by Crippen LogP contribution is -2.21. The lowest BCUT2D eigenvalue weighted by atomic mass is 10.2. The Balaban J connectivity index is 2.46. The van der Waals surface area contributed by atoms with Crippen molar-refractivity contribution >= 4 is 38.1 Å². The second-order valence-corrected chi connectivity index (χ2v) is 5.18. The molecule has 0 atom stereocenters. The van der Waals surface area contributed by atoms with Gasteiger partial charge in [-0.15, -0.1) is 0 Å². The van der Waals surface area contributed by atoms with Crippen molar-refractivity contribution < 1.29 is 5.11 Å². The van der Waals surface area contributed by atoms with Gasteiger partial charge in [0.25, 0.3) is 0 Å². The van der Waals surface area contributed by atoms with Crippen molar-refractivity contribution in [2.75, 3.05) is 42.2 Å². The number of nitrogens with zero attached hydrogens (tertiary/aromatic N) is 2. The standard InChI is InChI=1S/C13H20N4OS/c1-3-17(4-2)13-16-11-9(14)5-6-10(12(11)19-13)15-7-8-18/h5-6,15,18H,3-4,7-8,14H2,1-2H3. The molecule has 1 heterocycles. The smallest absolute Gasteiger partial charge is 0.186 e. The highest BCUT2D eigenvalue weighted by molar-refractivity contribution is 7.22. The summed E-state index contributed by atoms with van der Waals surface area (Å²) in [6, 6.07) is 3.80. The Labute approximate surface area is 117 Å². The van der Waals surface area contributed by atoms with Gasteiger partial charge in [0.15, 0.2) is 5.13 Å². The highest BCUT2D eigenvalue weighted by Crippen LogP contribution is 2.36. The fourth-order valence-electron chi connectivity index (χ4n) is 1.97. The van der Waals surface area contributed by atoms with Gasteiger partial charge in [-0.2, -0.15) is 0 Å². The van der Waals surface area contributed by atoms with Crippen molar-refractivity contribution in [3.05, 3.63) is 12.1 Å². The molecule has 0 saturated carbocycles. The van der Waals surface area contributed by atoms with Gasteiger partial charge >= 0.3 is 0 Å². The fraction of sp³-hybridized carbons (Fsp3) is 0.462. The maximum Gasteiger partial charge on any atom is 0.186 e. The lowest BCUT2D eigenvalue weighted by molar-refractivity contribution is 0.311. The second kappa shape index (κ2) is 6.08. The Hall–Kier alpha value is -1.53. The minimum Gasteiger partial charge on any atom is -0.397 e. The molecular weight excluding hydrogens is 260 g/mol. The van der Waals surface area contributed by atoms with E-state index in [1.165, 1.54) is 0 Å². The first-order chi connectivity index (χ1) is 9.21. The first kappa shape index (κ1) is 13.9. The molecule has 0 bridgehead atoms. The quantitative estimate of drug-likeness (QED) is 0.707. The van der Waals surface area contributed by atoms with Crippen molar-refractivity contribution in [3.8, 4) is 0 Å². The third kappa shape index (κ3) is 2.74. The van der Waals surface area contributed by atoms with Crippen LogP contribution in [0.15, 0.2) is 12.1 Å². The molecule has 1 aromatic carbocycles. The monoisotopic (exact) mass is 280 g/mol. The first-order valence-corrected chi connectivity index (χ1v) is 7.31. The molecule has 104 valence electrons. The number of anilines is 3. The lowest BCUT2D eigenvalue weighted by Gasteiger charge is -2.16. The minimum atomic E-state index is 0.105. The van der Waals surface area contributed by atoms with Crippen LogP contribution in [0.4, 0.5) is 16.5 Å². The van der Waals surface area contributed by atoms with Crippen molar-refractivity contribution in [1.82, 2.24) is 4.98 Å². The molecule has 0 radical (unpaired) electrons. The molecule has 2 aromatic rings. The van der Waals surface area contributed by atoms with E-state index in [-0.39, 0.29) is 6.61 Å². The highest BCUT2D eigenvalue weighted by atomic mass is 32.1. The van der Waals surface area contributed by atoms with E-state index in [2.05, 4.69) is 29.0 Å². The van der Waals surface area contributed by atoms with Gasteiger partial charge in [0.2, 0.25) is 0 Å². The molecule has 4 N–H and O–H groups in total. The van der Waals surface area contributed by atoms with E-state index in [4.69, 9.17) is 10.8 Å². The number of thiazole rings is 1. The number of hydrogen-bond acceptors (Lipinski definition) is 6. The van der Waals surface area contributed by atoms with Gasteiger partial charge in [-0.3, -0.25) is 0 Å². The molecule has 1 aromatic heterocycles. The summed E-state index contributed by atoms with van der Waals surface area (Å²) in [6.07, 6.45) is 0. The zero-order chi connectivity index (χ0) is 13.8. The van der Waals surface area contributed by atoms with Crippen LogP contribution >= 0.6 is 11.3 Å². The molecule has 0 saturated heterocycles. The van der Waals surface area contributed by atoms with Crippen molar-refractivity contribution in [2.45, 2.75) is 13.8 Å². The zero-order valence-electron chi connectivity index (χ0n) is 11.3. The van der Waals surface area contributed by atoms with Crippen LogP contribution in [0, 0.1) is 0 Å². The Morgan fingerprint density at radius 2 is 2.11 bits per heavy atom. The van der Waals surface area contributed by atoms with Gasteiger partial charge in [-0.05, 0) is 26.0 Å². The van der Waals surface area contributed by atoms with E-state index in [9.17, 15) is 0 Å². The van der Waals surface area contributed by atoms with Crippen LogP contribution in [0.25, 0.3) is 10.2 Å². The number of fused-ring (bicyclic) bond motifs is 1. The molecule has 0 fully saturated rings. The zero-order valence-corrected chi connectivity index (χ0v) is 12.1. The Morgan fingerprint density at radius 3 is 2.74 bits per heavy atom. The third-order valence-electron chi connectivity index (χ3n) is 3.02. The number of nitrogens with two attached hydrogens (primary N) is 1. The Morgan fingerprint density at radius 1 is 1.37 bits per heavy atom. The topological polar surface area (TPSA) is 74.4 Å². The summed E-state index contributed by atoms with van der Waals surface area (Å²) >= 11 is 1.64. The third-order valence-corrected chi connectivity index (χ3v) is 4.17. The van der Waals surface area contributed by atoms with Crippen molar-refractivity contribution in [3.63, 3.8) is 0 Å². The van der Waals surface area contributed by atoms with Gasteiger partial charge in [0, 0.05) is 19.6 Å². The molecule has 5 nitrogen and oxygen atoms in total. The number of nitrogens with one attached hydrogen (secondary N) is 1. The fourth-order valence-corrected chi connectivity index (χ4v) is 3.19. The van der Waals surface area contributed by atoms with Crippen LogP contribution in [0.1, 0.15) is 13.8 Å². The van der Waals surface area contributed by atoms with Crippen molar-refractivity contribution in [1.29, 1.82) is 0 Å². The van der Waals surface area contributed by atoms with E-state index in [0.717, 1.165) is 34.1 Å². The average molecular weight is 280 g/mol. The minimum absolute atomic E-state index is 0.105. The number of aromatic nitrogens is 1. The van der Waals surface area contributed by atoms with Gasteiger partial charge in [0.05, 0.1) is 22.7 Å². The molecule has 0 spiro atoms. The molecule has 0 aliphatic heterocycles. The van der Waals surface area contributed by atoms with Gasteiger partial charge in [-0.1, -0.05) is 11.3 Å². The SMILES string of the molecule is CCN(CC)c1nc2c(N)ccc(NCCO)c2s1. The number of hydrogen-bond donors (Lipinski definition) is 3. The summed E-state index contributed by atoms with van der Waals surface area (Å²) in [5, 5.41) is 13.1. The molecule has 0 unspecified atom stereocenters. The predicted octanol–water partition coefficient (Wildman–Crippen LogP) is 2.13. The Kier molecular flexibility index (Phi) is 4.44. The molecule has 0 amide bonds. The molecule has 0 aliphatic rings. The normalized spacial score (nSPS) is 10.9. The average Bonchev–Trinajstić information content (AvgIpc) is 2.85. The summed E-state index contributed by atoms with van der Waals surface area (Å²) in [4.78, 5) is 6.85. The number of benzene rings is 1. The van der Waals surface area contributed by atoms with Crippen LogP contribution in [0.2, 0.25) is 0 Å². The number of nitrogen functional groups attached to an aromatic ring is 1. The largest absolute Gasteiger partial charge is 0.397 e. The second-order valence-electron chi connectivity index (χ2n) is 4.20. The van der Waals surface area contributed by atoms with Crippen molar-refractivity contribution in [2.24, 2.45) is 0 Å². The van der Waals surface area contributed by atoms with Crippen LogP contribution < -0.4 is 16.0 Å². The summed E-state index contributed by atoms with van der Waals surface area (Å²) in [7, 11) is 0. The summed E-state index contributed by atoms with van der Waals surface area (Å²) in [6.45, 7) is 6.71. The van der Waals surface area contributed by atoms with E-state index >= 15 is 0 Å². The summed E-state index contributed by atoms with van der Waals surface area (Å²) in [5.74, 6) is 0. The Bertz CT molecular complexity index is 551. The maximum absolute atomic E-state index is 8.92. The van der Waals surface area contributed by atoms with Gasteiger partial charge in [0.1, 0.15) is 5.52 Å². The van der Waals surface area contributed by atoms with E-state index in [1.807, 2.05) is 12.1 Å². The van der Waals surface area contributed by atoms with Crippen LogP contribution in [0.3, 0.4) is 0 Å². The summed E-state index contributed by atoms with van der Waals surface area (Å²) < 4.78 is 1.05. The molecule has 6 heteroatoms. The van der Waals surface area contributed by atoms with E-state index in [1.54, 1.807) is 11.3 Å². The van der Waals surface area contributed by atoms with Crippen LogP contribution in [-0.2, 0) is 0 Å². The van der Waals surface area contributed by atoms with E-state index < -0.39 is 0 Å². The van der Waals surface area contributed by atoms with Gasteiger partial charge < -0.3 is 21.1 Å². The number of rotatable bonds is 6. The van der Waals surface area contributed by atoms with Gasteiger partial charge in [-0.25, -0.2) is 4.98 Å². The maximum atomic E-state index is 8.92. The van der Waals surface area contributed by atoms with E-state index in [0.29, 0.717) is 12.2 Å². The first-order valence-electron chi connectivity index (χ1n) is 6.49. The summed E-state index contributed by atoms with van der Waals surface area (Å²) in [5.41, 5.74) is 8.52.